The van der Waals surface area contributed by atoms with Crippen molar-refractivity contribution in [1.82, 2.24) is 15.1 Å². The summed E-state index contributed by atoms with van der Waals surface area (Å²) >= 11 is 0. The zero-order chi connectivity index (χ0) is 15.9. The van der Waals surface area contributed by atoms with Crippen LogP contribution in [0.3, 0.4) is 0 Å². The molecule has 0 amide bonds. The summed E-state index contributed by atoms with van der Waals surface area (Å²) in [5, 5.41) is 8.11. The van der Waals surface area contributed by atoms with Crippen molar-refractivity contribution in [2.75, 3.05) is 44.2 Å². The maximum atomic E-state index is 13.5. The van der Waals surface area contributed by atoms with Crippen LogP contribution in [0.15, 0.2) is 42.6 Å². The number of hydrogen-bond acceptors (Lipinski definition) is 5. The van der Waals surface area contributed by atoms with E-state index in [1.807, 2.05) is 12.1 Å². The van der Waals surface area contributed by atoms with Crippen LogP contribution in [0.2, 0.25) is 0 Å². The fourth-order valence-electron chi connectivity index (χ4n) is 2.73. The van der Waals surface area contributed by atoms with Crippen LogP contribution < -0.4 is 9.64 Å². The minimum absolute atomic E-state index is 0.308. The predicted octanol–water partition coefficient (Wildman–Crippen LogP) is 2.21. The topological polar surface area (TPSA) is 41.5 Å². The number of para-hydroxylation sites is 1. The summed E-state index contributed by atoms with van der Waals surface area (Å²) in [6.45, 7) is 5.13. The molecule has 6 heteroatoms. The molecule has 23 heavy (non-hydrogen) atoms. The Hall–Kier alpha value is -2.21. The normalized spacial score (nSPS) is 16.1. The molecule has 1 saturated heterocycles. The average molecular weight is 316 g/mol. The van der Waals surface area contributed by atoms with E-state index in [0.29, 0.717) is 12.4 Å². The molecule has 0 N–H and O–H groups in total. The number of ether oxygens (including phenoxy) is 1. The number of aromatic nitrogens is 2. The maximum Gasteiger partial charge on any atom is 0.165 e. The number of anilines is 1. The highest BCUT2D eigenvalue weighted by Gasteiger charge is 2.16. The van der Waals surface area contributed by atoms with Crippen LogP contribution in [0.4, 0.5) is 10.2 Å². The van der Waals surface area contributed by atoms with Crippen molar-refractivity contribution in [3.63, 3.8) is 0 Å². The Morgan fingerprint density at radius 1 is 1.04 bits per heavy atom. The average Bonchev–Trinajstić information content (AvgIpc) is 2.83. The summed E-state index contributed by atoms with van der Waals surface area (Å²) in [4.78, 5) is 4.60. The van der Waals surface area contributed by atoms with E-state index in [-0.39, 0.29) is 5.82 Å². The van der Waals surface area contributed by atoms with Gasteiger partial charge < -0.3 is 9.64 Å². The minimum atomic E-state index is -0.308. The number of hydrogen-bond donors (Lipinski definition) is 0. The molecule has 0 saturated carbocycles. The number of rotatable bonds is 5. The van der Waals surface area contributed by atoms with Crippen molar-refractivity contribution in [3.05, 3.63) is 48.4 Å². The van der Waals surface area contributed by atoms with Crippen LogP contribution in [-0.2, 0) is 0 Å². The monoisotopic (exact) mass is 316 g/mol. The molecule has 1 aliphatic heterocycles. The first kappa shape index (κ1) is 15.7. The van der Waals surface area contributed by atoms with Crippen molar-refractivity contribution in [1.29, 1.82) is 0 Å². The van der Waals surface area contributed by atoms with Gasteiger partial charge in [-0.3, -0.25) is 4.90 Å². The highest BCUT2D eigenvalue weighted by Crippen LogP contribution is 2.16. The van der Waals surface area contributed by atoms with Crippen molar-refractivity contribution in [3.8, 4) is 5.75 Å². The molecule has 1 aromatic carbocycles. The van der Waals surface area contributed by atoms with Gasteiger partial charge in [-0.15, -0.1) is 5.10 Å². The molecule has 0 aliphatic carbocycles. The Kier molecular flexibility index (Phi) is 5.37. The van der Waals surface area contributed by atoms with Gasteiger partial charge in [0.25, 0.3) is 0 Å². The third kappa shape index (κ3) is 4.39. The van der Waals surface area contributed by atoms with Gasteiger partial charge in [-0.05, 0) is 30.7 Å². The number of halogens is 1. The van der Waals surface area contributed by atoms with E-state index in [9.17, 15) is 4.39 Å². The third-order valence-corrected chi connectivity index (χ3v) is 3.97. The Morgan fingerprint density at radius 2 is 1.96 bits per heavy atom. The van der Waals surface area contributed by atoms with Gasteiger partial charge in [0.2, 0.25) is 0 Å². The molecule has 122 valence electrons. The first-order valence-electron chi connectivity index (χ1n) is 7.95. The summed E-state index contributed by atoms with van der Waals surface area (Å²) in [5.41, 5.74) is 0. The van der Waals surface area contributed by atoms with Crippen molar-refractivity contribution in [2.24, 2.45) is 0 Å². The smallest absolute Gasteiger partial charge is 0.165 e. The third-order valence-electron chi connectivity index (χ3n) is 3.97. The van der Waals surface area contributed by atoms with E-state index >= 15 is 0 Å². The van der Waals surface area contributed by atoms with E-state index < -0.39 is 0 Å². The molecular weight excluding hydrogens is 295 g/mol. The van der Waals surface area contributed by atoms with E-state index in [1.54, 1.807) is 24.4 Å². The fourth-order valence-corrected chi connectivity index (χ4v) is 2.73. The number of nitrogens with zero attached hydrogens (tertiary/aromatic N) is 4. The molecule has 5 nitrogen and oxygen atoms in total. The minimum Gasteiger partial charge on any atom is -0.489 e. The second-order valence-corrected chi connectivity index (χ2v) is 5.54. The summed E-state index contributed by atoms with van der Waals surface area (Å²) in [6, 6.07) is 10.4. The van der Waals surface area contributed by atoms with Crippen molar-refractivity contribution < 1.29 is 9.13 Å². The van der Waals surface area contributed by atoms with Gasteiger partial charge in [0.15, 0.2) is 17.4 Å². The van der Waals surface area contributed by atoms with E-state index in [1.165, 1.54) is 6.07 Å². The molecule has 0 spiro atoms. The fraction of sp³-hybridized carbons (Fsp3) is 0.412. The lowest BCUT2D eigenvalue weighted by Gasteiger charge is -2.22. The maximum absolute atomic E-state index is 13.5. The van der Waals surface area contributed by atoms with Crippen LogP contribution >= 0.6 is 0 Å². The lowest BCUT2D eigenvalue weighted by molar-refractivity contribution is 0.213. The van der Waals surface area contributed by atoms with Crippen LogP contribution in [0.1, 0.15) is 6.42 Å². The first-order valence-corrected chi connectivity index (χ1v) is 7.95. The Labute approximate surface area is 135 Å². The Bertz CT molecular complexity index is 611. The molecule has 0 radical (unpaired) electrons. The van der Waals surface area contributed by atoms with Gasteiger partial charge in [-0.2, -0.15) is 5.10 Å². The van der Waals surface area contributed by atoms with E-state index in [2.05, 4.69) is 20.0 Å². The summed E-state index contributed by atoms with van der Waals surface area (Å²) in [6.07, 6.45) is 2.75. The Balaban J connectivity index is 1.46. The quantitative estimate of drug-likeness (QED) is 0.846. The van der Waals surface area contributed by atoms with Crippen molar-refractivity contribution in [2.45, 2.75) is 6.42 Å². The van der Waals surface area contributed by atoms with Crippen LogP contribution in [0, 0.1) is 5.82 Å². The van der Waals surface area contributed by atoms with Crippen LogP contribution in [0.5, 0.6) is 5.75 Å². The predicted molar refractivity (Wildman–Crippen MR) is 87.2 cm³/mol. The van der Waals surface area contributed by atoms with Gasteiger partial charge >= 0.3 is 0 Å². The zero-order valence-corrected chi connectivity index (χ0v) is 13.1. The molecule has 3 rings (SSSR count). The van der Waals surface area contributed by atoms with E-state index in [4.69, 9.17) is 4.74 Å². The summed E-state index contributed by atoms with van der Waals surface area (Å²) in [7, 11) is 0. The standard InChI is InChI=1S/C17H21FN4O/c18-15-5-1-2-6-16(15)23-14-13-21-9-4-10-22(12-11-21)17-7-3-8-19-20-17/h1-3,5-8H,4,9-14H2. The van der Waals surface area contributed by atoms with E-state index in [0.717, 1.165) is 45.0 Å². The lowest BCUT2D eigenvalue weighted by Crippen LogP contribution is -2.33. The largest absolute Gasteiger partial charge is 0.489 e. The second kappa shape index (κ2) is 7.87. The zero-order valence-electron chi connectivity index (χ0n) is 13.1. The SMILES string of the molecule is Fc1ccccc1OCCN1CCCN(c2cccnn2)CC1. The van der Waals surface area contributed by atoms with Gasteiger partial charge in [-0.25, -0.2) is 4.39 Å². The highest BCUT2D eigenvalue weighted by molar-refractivity contribution is 5.36. The molecule has 1 aromatic heterocycles. The molecule has 1 aliphatic rings. The summed E-state index contributed by atoms with van der Waals surface area (Å²) in [5.74, 6) is 0.942. The van der Waals surface area contributed by atoms with Gasteiger partial charge in [-0.1, -0.05) is 12.1 Å². The molecule has 0 bridgehead atoms. The molecule has 2 aromatic rings. The van der Waals surface area contributed by atoms with Gasteiger partial charge in [0, 0.05) is 38.9 Å². The molecule has 2 heterocycles. The molecule has 0 unspecified atom stereocenters. The van der Waals surface area contributed by atoms with Gasteiger partial charge in [0.1, 0.15) is 6.61 Å². The highest BCUT2D eigenvalue weighted by atomic mass is 19.1. The Morgan fingerprint density at radius 3 is 2.78 bits per heavy atom. The first-order chi connectivity index (χ1) is 11.3. The van der Waals surface area contributed by atoms with Crippen LogP contribution in [0.25, 0.3) is 0 Å². The number of benzene rings is 1. The molecule has 0 atom stereocenters. The molecular formula is C17H21FN4O. The second-order valence-electron chi connectivity index (χ2n) is 5.54. The van der Waals surface area contributed by atoms with Gasteiger partial charge in [0.05, 0.1) is 0 Å². The van der Waals surface area contributed by atoms with Crippen molar-refractivity contribution >= 4 is 5.82 Å². The molecule has 1 fully saturated rings. The lowest BCUT2D eigenvalue weighted by atomic mass is 10.3. The van der Waals surface area contributed by atoms with Crippen LogP contribution in [-0.4, -0.2) is 54.4 Å². The summed E-state index contributed by atoms with van der Waals surface area (Å²) < 4.78 is 19.0.